The third-order valence-electron chi connectivity index (χ3n) is 4.46. The van der Waals surface area contributed by atoms with E-state index in [0.29, 0.717) is 36.5 Å². The summed E-state index contributed by atoms with van der Waals surface area (Å²) >= 11 is 0. The Hall–Kier alpha value is -2.48. The number of fused-ring (bicyclic) bond motifs is 1. The van der Waals surface area contributed by atoms with Gasteiger partial charge in [0.05, 0.1) is 5.71 Å². The summed E-state index contributed by atoms with van der Waals surface area (Å²) in [7, 11) is 3.03. The van der Waals surface area contributed by atoms with Gasteiger partial charge in [-0.3, -0.25) is 13.9 Å². The molecule has 0 radical (unpaired) electrons. The molecule has 3 N–H and O–H groups in total. The molecule has 25 heavy (non-hydrogen) atoms. The van der Waals surface area contributed by atoms with E-state index in [1.54, 1.807) is 11.6 Å². The van der Waals surface area contributed by atoms with Gasteiger partial charge in [0.1, 0.15) is 0 Å². The average Bonchev–Trinajstić information content (AvgIpc) is 2.96. The molecule has 2 aromatic rings. The first-order valence-corrected chi connectivity index (χ1v) is 8.33. The first-order chi connectivity index (χ1) is 11.7. The molecule has 0 unspecified atom stereocenters. The summed E-state index contributed by atoms with van der Waals surface area (Å²) in [6, 6.07) is 0. The maximum atomic E-state index is 12.7. The Morgan fingerprint density at radius 3 is 2.44 bits per heavy atom. The Morgan fingerprint density at radius 1 is 1.28 bits per heavy atom. The number of nitrogens with one attached hydrogen (secondary N) is 1. The topological polar surface area (TPSA) is 112 Å². The van der Waals surface area contributed by atoms with Crippen molar-refractivity contribution < 1.29 is 0 Å². The van der Waals surface area contributed by atoms with Crippen LogP contribution in [-0.2, 0) is 20.6 Å². The van der Waals surface area contributed by atoms with Crippen LogP contribution in [-0.4, -0.2) is 30.9 Å². The lowest BCUT2D eigenvalue weighted by molar-refractivity contribution is 0.663. The third-order valence-corrected chi connectivity index (χ3v) is 4.46. The second-order valence-corrected chi connectivity index (χ2v) is 6.46. The van der Waals surface area contributed by atoms with Crippen molar-refractivity contribution in [3.05, 3.63) is 38.3 Å². The summed E-state index contributed by atoms with van der Waals surface area (Å²) in [5.74, 6) is 0.242. The van der Waals surface area contributed by atoms with Crippen molar-refractivity contribution >= 4 is 16.9 Å². The van der Waals surface area contributed by atoms with Gasteiger partial charge in [0, 0.05) is 33.1 Å². The van der Waals surface area contributed by atoms with E-state index < -0.39 is 11.2 Å². The van der Waals surface area contributed by atoms with Crippen LogP contribution in [0.4, 0.5) is 0 Å². The minimum absolute atomic E-state index is 0.150. The molecule has 0 aliphatic heterocycles. The quantitative estimate of drug-likeness (QED) is 0.594. The van der Waals surface area contributed by atoms with Crippen LogP contribution in [0.15, 0.2) is 21.2 Å². The lowest BCUT2D eigenvalue weighted by atomic mass is 10.00. The molecule has 136 valence electrons. The molecule has 8 heteroatoms. The maximum absolute atomic E-state index is 12.7. The molecular formula is C17H26N6O2. The lowest BCUT2D eigenvalue weighted by Crippen LogP contribution is -2.37. The van der Waals surface area contributed by atoms with E-state index in [-0.39, 0.29) is 11.6 Å². The van der Waals surface area contributed by atoms with E-state index in [1.807, 2.05) is 26.8 Å². The number of nitrogens with zero attached hydrogens (tertiary/aromatic N) is 4. The van der Waals surface area contributed by atoms with Crippen molar-refractivity contribution in [1.29, 1.82) is 5.41 Å². The Morgan fingerprint density at radius 2 is 1.92 bits per heavy atom. The molecule has 0 saturated carbocycles. The van der Waals surface area contributed by atoms with Crippen molar-refractivity contribution in [3.8, 4) is 0 Å². The highest BCUT2D eigenvalue weighted by molar-refractivity contribution is 5.99. The average molecular weight is 346 g/mol. The number of hydrogen-bond donors (Lipinski definition) is 2. The molecule has 1 atom stereocenters. The van der Waals surface area contributed by atoms with Crippen molar-refractivity contribution in [1.82, 2.24) is 18.7 Å². The van der Waals surface area contributed by atoms with Gasteiger partial charge in [0.25, 0.3) is 5.56 Å². The van der Waals surface area contributed by atoms with Crippen LogP contribution in [0.25, 0.3) is 11.2 Å². The first-order valence-electron chi connectivity index (χ1n) is 8.33. The predicted molar refractivity (Wildman–Crippen MR) is 99.3 cm³/mol. The smallest absolute Gasteiger partial charge is 0.330 e. The van der Waals surface area contributed by atoms with Crippen molar-refractivity contribution in [2.45, 2.75) is 33.7 Å². The van der Waals surface area contributed by atoms with E-state index in [2.05, 4.69) is 4.98 Å². The van der Waals surface area contributed by atoms with Crippen LogP contribution in [0, 0.1) is 11.3 Å². The van der Waals surface area contributed by atoms with Gasteiger partial charge in [0.15, 0.2) is 17.0 Å². The largest absolute Gasteiger partial charge is 0.332 e. The van der Waals surface area contributed by atoms with E-state index in [4.69, 9.17) is 11.1 Å². The number of nitrogens with two attached hydrogens (primary N) is 1. The van der Waals surface area contributed by atoms with Gasteiger partial charge in [-0.25, -0.2) is 9.78 Å². The predicted octanol–water partition coefficient (Wildman–Crippen LogP) is 0.753. The molecular weight excluding hydrogens is 320 g/mol. The van der Waals surface area contributed by atoms with Gasteiger partial charge in [-0.2, -0.15) is 0 Å². The zero-order chi connectivity index (χ0) is 18.9. The van der Waals surface area contributed by atoms with Crippen molar-refractivity contribution in [3.63, 3.8) is 0 Å². The zero-order valence-electron chi connectivity index (χ0n) is 15.5. The Bertz CT molecular complexity index is 952. The van der Waals surface area contributed by atoms with E-state index >= 15 is 0 Å². The van der Waals surface area contributed by atoms with Crippen molar-refractivity contribution in [2.24, 2.45) is 25.7 Å². The van der Waals surface area contributed by atoms with Crippen LogP contribution in [0.5, 0.6) is 0 Å². The van der Waals surface area contributed by atoms with Crippen molar-refractivity contribution in [2.75, 3.05) is 6.54 Å². The molecule has 0 fully saturated rings. The van der Waals surface area contributed by atoms with Gasteiger partial charge in [-0.15, -0.1) is 0 Å². The molecule has 8 nitrogen and oxygen atoms in total. The Balaban J connectivity index is 2.88. The third kappa shape index (κ3) is 3.21. The molecule has 0 bridgehead atoms. The lowest BCUT2D eigenvalue weighted by Gasteiger charge is -2.14. The molecule has 0 spiro atoms. The highest BCUT2D eigenvalue weighted by Crippen LogP contribution is 2.17. The number of aryl methyl sites for hydroxylation is 1. The van der Waals surface area contributed by atoms with Gasteiger partial charge >= 0.3 is 5.69 Å². The summed E-state index contributed by atoms with van der Waals surface area (Å²) in [6.07, 6.45) is 2.67. The summed E-state index contributed by atoms with van der Waals surface area (Å²) in [5.41, 5.74) is 6.94. The SMILES string of the molecule is CC[C@H](CN)C(=N)c1nc2c(c(=O)n(C)c(=O)n2C)n1CC=C(C)C. The fourth-order valence-corrected chi connectivity index (χ4v) is 2.77. The van der Waals surface area contributed by atoms with E-state index in [9.17, 15) is 9.59 Å². The number of aromatic nitrogens is 4. The standard InChI is InChI=1S/C17H26N6O2/c1-6-11(9-18)12(19)14-20-15-13(23(14)8-7-10(2)3)16(24)22(5)17(25)21(15)4/h7,11,19H,6,8-9,18H2,1-5H3/t11-/m1/s1. The van der Waals surface area contributed by atoms with Crippen LogP contribution in [0.2, 0.25) is 0 Å². The fourth-order valence-electron chi connectivity index (χ4n) is 2.77. The minimum atomic E-state index is -0.437. The van der Waals surface area contributed by atoms with E-state index in [0.717, 1.165) is 10.1 Å². The number of hydrogen-bond acceptors (Lipinski definition) is 5. The second-order valence-electron chi connectivity index (χ2n) is 6.46. The summed E-state index contributed by atoms with van der Waals surface area (Å²) in [5, 5.41) is 8.51. The fraction of sp³-hybridized carbons (Fsp3) is 0.529. The molecule has 2 rings (SSSR count). The van der Waals surface area contributed by atoms with Crippen LogP contribution < -0.4 is 17.0 Å². The highest BCUT2D eigenvalue weighted by atomic mass is 16.2. The minimum Gasteiger partial charge on any atom is -0.330 e. The van der Waals surface area contributed by atoms with Gasteiger partial charge in [-0.05, 0) is 20.3 Å². The molecule has 0 saturated heterocycles. The summed E-state index contributed by atoms with van der Waals surface area (Å²) in [4.78, 5) is 29.4. The number of allylic oxidation sites excluding steroid dienone is 2. The number of rotatable bonds is 6. The maximum Gasteiger partial charge on any atom is 0.332 e. The first kappa shape index (κ1) is 18.9. The Labute approximate surface area is 146 Å². The summed E-state index contributed by atoms with van der Waals surface area (Å²) in [6.45, 7) is 6.63. The molecule has 0 aromatic carbocycles. The molecule has 2 heterocycles. The van der Waals surface area contributed by atoms with Crippen LogP contribution in [0.1, 0.15) is 33.0 Å². The summed E-state index contributed by atoms with van der Waals surface area (Å²) < 4.78 is 4.12. The molecule has 0 amide bonds. The molecule has 2 aromatic heterocycles. The van der Waals surface area contributed by atoms with Gasteiger partial charge in [0.2, 0.25) is 0 Å². The highest BCUT2D eigenvalue weighted by Gasteiger charge is 2.24. The zero-order valence-corrected chi connectivity index (χ0v) is 15.5. The monoisotopic (exact) mass is 346 g/mol. The molecule has 0 aliphatic rings. The second kappa shape index (κ2) is 7.18. The van der Waals surface area contributed by atoms with Gasteiger partial charge in [-0.1, -0.05) is 18.6 Å². The van der Waals surface area contributed by atoms with E-state index in [1.165, 1.54) is 11.6 Å². The number of imidazole rings is 1. The molecule has 0 aliphatic carbocycles. The van der Waals surface area contributed by atoms with Crippen LogP contribution in [0.3, 0.4) is 0 Å². The Kier molecular flexibility index (Phi) is 5.42. The normalized spacial score (nSPS) is 12.4. The van der Waals surface area contributed by atoms with Gasteiger partial charge < -0.3 is 15.7 Å². The van der Waals surface area contributed by atoms with Crippen LogP contribution >= 0.6 is 0 Å².